The van der Waals surface area contributed by atoms with Gasteiger partial charge in [-0.3, -0.25) is 9.59 Å². The molecular weight excluding hydrogens is 322 g/mol. The number of nitrogens with zero attached hydrogens (tertiary/aromatic N) is 2. The predicted octanol–water partition coefficient (Wildman–Crippen LogP) is 3.59. The third-order valence-corrected chi connectivity index (χ3v) is 4.27. The molecule has 1 atom stereocenters. The molecule has 7 heteroatoms. The minimum Gasteiger partial charge on any atom is -0.334 e. The van der Waals surface area contributed by atoms with E-state index in [4.69, 9.17) is 11.6 Å². The number of carbonyl (C=O) groups is 2. The lowest BCUT2D eigenvalue weighted by Crippen LogP contribution is -2.29. The fourth-order valence-electron chi connectivity index (χ4n) is 1.90. The van der Waals surface area contributed by atoms with Gasteiger partial charge in [0.25, 0.3) is 5.91 Å². The molecule has 1 aromatic carbocycles. The number of halogens is 1. The van der Waals surface area contributed by atoms with Gasteiger partial charge in [-0.15, -0.1) is 11.3 Å². The second-order valence-corrected chi connectivity index (χ2v) is 6.16. The third-order valence-electron chi connectivity index (χ3n) is 3.26. The van der Waals surface area contributed by atoms with Crippen molar-refractivity contribution >= 4 is 39.9 Å². The van der Waals surface area contributed by atoms with Gasteiger partial charge in [0.1, 0.15) is 5.69 Å². The Balaban J connectivity index is 2.12. The number of anilines is 1. The van der Waals surface area contributed by atoms with E-state index >= 15 is 0 Å². The number of hydrogen-bond acceptors (Lipinski definition) is 4. The summed E-state index contributed by atoms with van der Waals surface area (Å²) >= 11 is 7.10. The molecule has 116 valence electrons. The Kier molecular flexibility index (Phi) is 5.15. The van der Waals surface area contributed by atoms with Crippen molar-refractivity contribution in [3.63, 3.8) is 0 Å². The Morgan fingerprint density at radius 1 is 1.32 bits per heavy atom. The second kappa shape index (κ2) is 6.89. The summed E-state index contributed by atoms with van der Waals surface area (Å²) in [6.45, 7) is 3.33. The van der Waals surface area contributed by atoms with Crippen LogP contribution in [0.4, 0.5) is 5.13 Å². The van der Waals surface area contributed by atoms with Crippen molar-refractivity contribution in [3.05, 3.63) is 45.9 Å². The van der Waals surface area contributed by atoms with E-state index in [1.165, 1.54) is 18.3 Å². The van der Waals surface area contributed by atoms with Crippen LogP contribution in [0.25, 0.3) is 0 Å². The van der Waals surface area contributed by atoms with Crippen molar-refractivity contribution in [2.75, 3.05) is 12.4 Å². The highest BCUT2D eigenvalue weighted by atomic mass is 35.5. The van der Waals surface area contributed by atoms with Crippen LogP contribution < -0.4 is 5.32 Å². The molecule has 0 unspecified atom stereocenters. The van der Waals surface area contributed by atoms with Gasteiger partial charge in [0.15, 0.2) is 5.13 Å². The van der Waals surface area contributed by atoms with Gasteiger partial charge in [-0.25, -0.2) is 4.98 Å². The summed E-state index contributed by atoms with van der Waals surface area (Å²) in [5.74, 6) is -0.411. The Bertz CT molecular complexity index is 684. The summed E-state index contributed by atoms with van der Waals surface area (Å²) in [7, 11) is 1.72. The highest BCUT2D eigenvalue weighted by molar-refractivity contribution is 7.14. The molecule has 22 heavy (non-hydrogen) atoms. The van der Waals surface area contributed by atoms with Crippen LogP contribution in [0.15, 0.2) is 29.6 Å². The van der Waals surface area contributed by atoms with E-state index in [0.29, 0.717) is 15.8 Å². The first kappa shape index (κ1) is 16.5. The van der Waals surface area contributed by atoms with E-state index in [2.05, 4.69) is 10.3 Å². The average Bonchev–Trinajstić information content (AvgIpc) is 2.93. The molecule has 2 amide bonds. The maximum Gasteiger partial charge on any atom is 0.273 e. The van der Waals surface area contributed by atoms with E-state index in [1.54, 1.807) is 29.5 Å². The summed E-state index contributed by atoms with van der Waals surface area (Å²) in [5, 5.41) is 5.28. The zero-order valence-corrected chi connectivity index (χ0v) is 14.0. The number of hydrogen-bond donors (Lipinski definition) is 1. The monoisotopic (exact) mass is 337 g/mol. The topological polar surface area (TPSA) is 62.3 Å². The fourth-order valence-corrected chi connectivity index (χ4v) is 2.76. The minimum absolute atomic E-state index is 0.115. The average molecular weight is 338 g/mol. The minimum atomic E-state index is -0.212. The van der Waals surface area contributed by atoms with Crippen LogP contribution in [-0.2, 0) is 4.79 Å². The summed E-state index contributed by atoms with van der Waals surface area (Å²) in [5.41, 5.74) is 1.30. The molecule has 1 aromatic heterocycles. The highest BCUT2D eigenvalue weighted by Crippen LogP contribution is 2.23. The highest BCUT2D eigenvalue weighted by Gasteiger charge is 2.21. The largest absolute Gasteiger partial charge is 0.334 e. The van der Waals surface area contributed by atoms with Crippen LogP contribution >= 0.6 is 22.9 Å². The number of amides is 2. The summed E-state index contributed by atoms with van der Waals surface area (Å²) in [4.78, 5) is 29.2. The maximum absolute atomic E-state index is 12.5. The van der Waals surface area contributed by atoms with Crippen molar-refractivity contribution in [2.24, 2.45) is 0 Å². The molecular formula is C15H16ClN3O2S. The van der Waals surface area contributed by atoms with Crippen LogP contribution in [0.2, 0.25) is 5.02 Å². The number of aromatic nitrogens is 1. The van der Waals surface area contributed by atoms with Crippen LogP contribution in [-0.4, -0.2) is 28.7 Å². The van der Waals surface area contributed by atoms with Gasteiger partial charge >= 0.3 is 0 Å². The van der Waals surface area contributed by atoms with E-state index in [0.717, 1.165) is 5.56 Å². The Morgan fingerprint density at radius 2 is 1.95 bits per heavy atom. The van der Waals surface area contributed by atoms with E-state index in [9.17, 15) is 9.59 Å². The molecule has 1 N–H and O–H groups in total. The van der Waals surface area contributed by atoms with Crippen molar-refractivity contribution in [1.82, 2.24) is 9.88 Å². The number of rotatable bonds is 4. The molecule has 5 nitrogen and oxygen atoms in total. The first-order chi connectivity index (χ1) is 10.4. The fraction of sp³-hybridized carbons (Fsp3) is 0.267. The molecule has 1 heterocycles. The smallest absolute Gasteiger partial charge is 0.273 e. The molecule has 2 rings (SSSR count). The van der Waals surface area contributed by atoms with Gasteiger partial charge in [0, 0.05) is 24.4 Å². The Morgan fingerprint density at radius 3 is 2.55 bits per heavy atom. The predicted molar refractivity (Wildman–Crippen MR) is 88.4 cm³/mol. The molecule has 0 saturated carbocycles. The normalized spacial score (nSPS) is 11.8. The molecule has 0 saturated heterocycles. The number of nitrogens with one attached hydrogen (secondary N) is 1. The van der Waals surface area contributed by atoms with Gasteiger partial charge in [0.05, 0.1) is 6.04 Å². The van der Waals surface area contributed by atoms with Crippen molar-refractivity contribution < 1.29 is 9.59 Å². The second-order valence-electron chi connectivity index (χ2n) is 4.86. The lowest BCUT2D eigenvalue weighted by atomic mass is 10.1. The molecule has 0 bridgehead atoms. The number of carbonyl (C=O) groups excluding carboxylic acids is 2. The lowest BCUT2D eigenvalue weighted by Gasteiger charge is -2.24. The Hall–Kier alpha value is -1.92. The zero-order valence-electron chi connectivity index (χ0n) is 12.5. The lowest BCUT2D eigenvalue weighted by molar-refractivity contribution is -0.114. The number of thiazole rings is 1. The number of benzene rings is 1. The first-order valence-electron chi connectivity index (χ1n) is 6.64. The van der Waals surface area contributed by atoms with Gasteiger partial charge in [-0.05, 0) is 24.6 Å². The summed E-state index contributed by atoms with van der Waals surface area (Å²) in [6.07, 6.45) is 0. The van der Waals surface area contributed by atoms with Crippen molar-refractivity contribution in [1.29, 1.82) is 0 Å². The van der Waals surface area contributed by atoms with Crippen molar-refractivity contribution in [2.45, 2.75) is 19.9 Å². The van der Waals surface area contributed by atoms with Gasteiger partial charge in [-0.1, -0.05) is 23.7 Å². The van der Waals surface area contributed by atoms with Gasteiger partial charge < -0.3 is 10.2 Å². The van der Waals surface area contributed by atoms with E-state index < -0.39 is 0 Å². The summed E-state index contributed by atoms with van der Waals surface area (Å²) < 4.78 is 0. The van der Waals surface area contributed by atoms with E-state index in [1.807, 2.05) is 19.1 Å². The maximum atomic E-state index is 12.5. The molecule has 0 aliphatic heterocycles. The first-order valence-corrected chi connectivity index (χ1v) is 7.90. The Labute approximate surface area is 137 Å². The van der Waals surface area contributed by atoms with E-state index in [-0.39, 0.29) is 17.9 Å². The van der Waals surface area contributed by atoms with Crippen LogP contribution in [0.1, 0.15) is 35.9 Å². The SMILES string of the molecule is CC(=O)Nc1nc(C(=O)N(C)[C@H](C)c2ccc(Cl)cc2)cs1. The van der Waals surface area contributed by atoms with Gasteiger partial charge in [0.2, 0.25) is 5.91 Å². The molecule has 0 aliphatic rings. The zero-order chi connectivity index (χ0) is 16.3. The summed E-state index contributed by atoms with van der Waals surface area (Å²) in [6, 6.07) is 7.25. The van der Waals surface area contributed by atoms with Crippen LogP contribution in [0, 0.1) is 0 Å². The van der Waals surface area contributed by atoms with Crippen LogP contribution in [0.3, 0.4) is 0 Å². The molecule has 2 aromatic rings. The molecule has 0 fully saturated rings. The molecule has 0 spiro atoms. The van der Waals surface area contributed by atoms with Crippen molar-refractivity contribution in [3.8, 4) is 0 Å². The third kappa shape index (κ3) is 3.84. The van der Waals surface area contributed by atoms with Gasteiger partial charge in [-0.2, -0.15) is 0 Å². The standard InChI is InChI=1S/C15H16ClN3O2S/c1-9(11-4-6-12(16)7-5-11)19(3)14(21)13-8-22-15(18-13)17-10(2)20/h4-9H,1-3H3,(H,17,18,20)/t9-/m1/s1. The quantitative estimate of drug-likeness (QED) is 0.927. The molecule has 0 radical (unpaired) electrons. The molecule has 0 aliphatic carbocycles. The van der Waals surface area contributed by atoms with Crippen LogP contribution in [0.5, 0.6) is 0 Å².